The highest BCUT2D eigenvalue weighted by atomic mass is 16.5. The Balaban J connectivity index is 3.56. The van der Waals surface area contributed by atoms with Gasteiger partial charge in [-0.25, -0.2) is 0 Å². The largest absolute Gasteiger partial charge is 0.382 e. The molecule has 0 aliphatic heterocycles. The molecule has 14 heavy (non-hydrogen) atoms. The van der Waals surface area contributed by atoms with Crippen LogP contribution in [0.15, 0.2) is 12.2 Å². The van der Waals surface area contributed by atoms with Crippen molar-refractivity contribution in [2.45, 2.75) is 46.1 Å². The molecule has 0 rings (SSSR count). The predicted molar refractivity (Wildman–Crippen MR) is 62.6 cm³/mol. The third-order valence-corrected chi connectivity index (χ3v) is 2.13. The molecule has 0 aliphatic rings. The molecule has 1 unspecified atom stereocenters. The summed E-state index contributed by atoms with van der Waals surface area (Å²) < 4.78 is 5.32. The van der Waals surface area contributed by atoms with E-state index in [0.29, 0.717) is 6.04 Å². The summed E-state index contributed by atoms with van der Waals surface area (Å²) in [4.78, 5) is 0. The summed E-state index contributed by atoms with van der Waals surface area (Å²) in [5.74, 6) is 0. The molecule has 0 saturated carbocycles. The van der Waals surface area contributed by atoms with Gasteiger partial charge in [0, 0.05) is 19.3 Å². The van der Waals surface area contributed by atoms with Crippen molar-refractivity contribution in [3.63, 3.8) is 0 Å². The van der Waals surface area contributed by atoms with E-state index in [1.165, 1.54) is 12.0 Å². The van der Waals surface area contributed by atoms with Crippen LogP contribution in [0.1, 0.15) is 40.0 Å². The molecule has 0 saturated heterocycles. The highest BCUT2D eigenvalue weighted by Gasteiger charge is 2.06. The lowest BCUT2D eigenvalue weighted by atomic mass is 10.0. The monoisotopic (exact) mass is 199 g/mol. The molecule has 84 valence electrons. The second kappa shape index (κ2) is 9.22. The highest BCUT2D eigenvalue weighted by molar-refractivity contribution is 4.92. The number of rotatable bonds is 9. The average Bonchev–Trinajstić information content (AvgIpc) is 2.12. The molecular formula is C12H25NO. The zero-order valence-corrected chi connectivity index (χ0v) is 9.94. The fraction of sp³-hybridized carbons (Fsp3) is 0.833. The van der Waals surface area contributed by atoms with Crippen molar-refractivity contribution in [2.24, 2.45) is 0 Å². The van der Waals surface area contributed by atoms with E-state index in [1.54, 1.807) is 0 Å². The molecular weight excluding hydrogens is 174 g/mol. The van der Waals surface area contributed by atoms with Crippen LogP contribution >= 0.6 is 0 Å². The topological polar surface area (TPSA) is 21.3 Å². The first-order valence-corrected chi connectivity index (χ1v) is 5.66. The van der Waals surface area contributed by atoms with Gasteiger partial charge in [0.1, 0.15) is 0 Å². The van der Waals surface area contributed by atoms with E-state index in [-0.39, 0.29) is 0 Å². The molecule has 0 aromatic carbocycles. The van der Waals surface area contributed by atoms with Crippen LogP contribution in [-0.4, -0.2) is 25.8 Å². The lowest BCUT2D eigenvalue weighted by Gasteiger charge is -2.17. The van der Waals surface area contributed by atoms with E-state index in [2.05, 4.69) is 25.7 Å². The summed E-state index contributed by atoms with van der Waals surface area (Å²) in [5.41, 5.74) is 1.26. The van der Waals surface area contributed by atoms with E-state index in [4.69, 9.17) is 4.74 Å². The third-order valence-electron chi connectivity index (χ3n) is 2.13. The second-order valence-corrected chi connectivity index (χ2v) is 3.75. The molecule has 1 atom stereocenters. The van der Waals surface area contributed by atoms with E-state index in [9.17, 15) is 0 Å². The Morgan fingerprint density at radius 3 is 2.64 bits per heavy atom. The van der Waals surface area contributed by atoms with Crippen molar-refractivity contribution in [3.8, 4) is 0 Å². The molecule has 0 radical (unpaired) electrons. The van der Waals surface area contributed by atoms with Crippen LogP contribution in [0.4, 0.5) is 0 Å². The Bertz CT molecular complexity index is 145. The summed E-state index contributed by atoms with van der Waals surface area (Å²) >= 11 is 0. The maximum Gasteiger partial charge on any atom is 0.0466 e. The molecule has 0 bridgehead atoms. The van der Waals surface area contributed by atoms with E-state index in [1.807, 2.05) is 6.92 Å². The average molecular weight is 199 g/mol. The van der Waals surface area contributed by atoms with Crippen LogP contribution < -0.4 is 5.32 Å². The molecule has 0 aromatic rings. The van der Waals surface area contributed by atoms with Gasteiger partial charge in [-0.3, -0.25) is 0 Å². The van der Waals surface area contributed by atoms with Gasteiger partial charge in [-0.15, -0.1) is 6.58 Å². The van der Waals surface area contributed by atoms with Gasteiger partial charge < -0.3 is 10.1 Å². The third kappa shape index (κ3) is 8.27. The number of hydrogen-bond acceptors (Lipinski definition) is 2. The first kappa shape index (κ1) is 13.7. The first-order chi connectivity index (χ1) is 6.70. The summed E-state index contributed by atoms with van der Waals surface area (Å²) in [7, 11) is 0. The van der Waals surface area contributed by atoms with Crippen molar-refractivity contribution in [2.75, 3.05) is 19.8 Å². The number of nitrogens with one attached hydrogen (secondary N) is 1. The summed E-state index contributed by atoms with van der Waals surface area (Å²) in [6.45, 7) is 13.0. The summed E-state index contributed by atoms with van der Waals surface area (Å²) in [6, 6.07) is 0.581. The minimum Gasteiger partial charge on any atom is -0.382 e. The maximum absolute atomic E-state index is 5.32. The second-order valence-electron chi connectivity index (χ2n) is 3.75. The quantitative estimate of drug-likeness (QED) is 0.455. The maximum atomic E-state index is 5.32. The lowest BCUT2D eigenvalue weighted by molar-refractivity contribution is 0.141. The molecule has 1 N–H and O–H groups in total. The highest BCUT2D eigenvalue weighted by Crippen LogP contribution is 2.08. The van der Waals surface area contributed by atoms with Gasteiger partial charge >= 0.3 is 0 Å². The van der Waals surface area contributed by atoms with Crippen LogP contribution in [-0.2, 0) is 4.74 Å². The van der Waals surface area contributed by atoms with Gasteiger partial charge in [0.05, 0.1) is 0 Å². The van der Waals surface area contributed by atoms with E-state index < -0.39 is 0 Å². The molecule has 0 aromatic heterocycles. The van der Waals surface area contributed by atoms with Crippen LogP contribution in [0.3, 0.4) is 0 Å². The van der Waals surface area contributed by atoms with Gasteiger partial charge in [-0.1, -0.05) is 12.5 Å². The standard InChI is InChI=1S/C12H25NO/c1-5-13-12(10-11(3)4)8-7-9-14-6-2/h12-13H,3,5-10H2,1-2,4H3. The molecule has 2 heteroatoms. The zero-order valence-electron chi connectivity index (χ0n) is 9.94. The minimum atomic E-state index is 0.581. The van der Waals surface area contributed by atoms with Gasteiger partial charge in [0.2, 0.25) is 0 Å². The Morgan fingerprint density at radius 1 is 1.43 bits per heavy atom. The van der Waals surface area contributed by atoms with Crippen LogP contribution in [0.5, 0.6) is 0 Å². The van der Waals surface area contributed by atoms with Gasteiger partial charge in [0.25, 0.3) is 0 Å². The van der Waals surface area contributed by atoms with Gasteiger partial charge in [0.15, 0.2) is 0 Å². The van der Waals surface area contributed by atoms with Crippen molar-refractivity contribution in [1.29, 1.82) is 0 Å². The molecule has 0 aliphatic carbocycles. The van der Waals surface area contributed by atoms with Crippen LogP contribution in [0.25, 0.3) is 0 Å². The van der Waals surface area contributed by atoms with Gasteiger partial charge in [-0.2, -0.15) is 0 Å². The SMILES string of the molecule is C=C(C)CC(CCCOCC)NCC. The number of ether oxygens (including phenoxy) is 1. The van der Waals surface area contributed by atoms with Crippen molar-refractivity contribution >= 4 is 0 Å². The number of hydrogen-bond donors (Lipinski definition) is 1. The van der Waals surface area contributed by atoms with E-state index >= 15 is 0 Å². The van der Waals surface area contributed by atoms with Crippen molar-refractivity contribution < 1.29 is 4.74 Å². The minimum absolute atomic E-state index is 0.581. The summed E-state index contributed by atoms with van der Waals surface area (Å²) in [5, 5.41) is 3.47. The molecule has 0 amide bonds. The normalized spacial score (nSPS) is 12.8. The zero-order chi connectivity index (χ0) is 10.8. The van der Waals surface area contributed by atoms with Crippen molar-refractivity contribution in [1.82, 2.24) is 5.32 Å². The van der Waals surface area contributed by atoms with Crippen LogP contribution in [0, 0.1) is 0 Å². The predicted octanol–water partition coefficient (Wildman–Crippen LogP) is 2.75. The van der Waals surface area contributed by atoms with Gasteiger partial charge in [-0.05, 0) is 39.7 Å². The molecule has 0 heterocycles. The lowest BCUT2D eigenvalue weighted by Crippen LogP contribution is -2.29. The Hall–Kier alpha value is -0.340. The fourth-order valence-electron chi connectivity index (χ4n) is 1.56. The van der Waals surface area contributed by atoms with Crippen LogP contribution in [0.2, 0.25) is 0 Å². The van der Waals surface area contributed by atoms with E-state index in [0.717, 1.165) is 32.6 Å². The summed E-state index contributed by atoms with van der Waals surface area (Å²) in [6.07, 6.45) is 3.40. The first-order valence-electron chi connectivity index (χ1n) is 5.66. The molecule has 0 spiro atoms. The Kier molecular flexibility index (Phi) is 9.00. The Morgan fingerprint density at radius 2 is 2.14 bits per heavy atom. The Labute approximate surface area is 88.7 Å². The fourth-order valence-corrected chi connectivity index (χ4v) is 1.56. The smallest absolute Gasteiger partial charge is 0.0466 e. The van der Waals surface area contributed by atoms with Crippen molar-refractivity contribution in [3.05, 3.63) is 12.2 Å². The molecule has 0 fully saturated rings. The molecule has 2 nitrogen and oxygen atoms in total.